The number of methoxy groups -OCH3 is 3. The molecule has 1 aliphatic rings. The Hall–Kier alpha value is -2.91. The first-order valence-electron chi connectivity index (χ1n) is 6.81. The van der Waals surface area contributed by atoms with Crippen LogP contribution in [0.4, 0.5) is 5.95 Å². The van der Waals surface area contributed by atoms with E-state index in [9.17, 15) is 9.59 Å². The van der Waals surface area contributed by atoms with E-state index in [-0.39, 0.29) is 30.8 Å². The molecule has 1 unspecified atom stereocenters. The van der Waals surface area contributed by atoms with Crippen LogP contribution in [0.2, 0.25) is 0 Å². The van der Waals surface area contributed by atoms with Gasteiger partial charge in [-0.05, 0) is 0 Å². The summed E-state index contributed by atoms with van der Waals surface area (Å²) < 4.78 is 16.3. The molecule has 3 heterocycles. The van der Waals surface area contributed by atoms with Crippen LogP contribution in [0.25, 0.3) is 5.65 Å². The highest BCUT2D eigenvalue weighted by atomic mass is 16.5. The largest absolute Gasteiger partial charge is 0.491 e. The zero-order chi connectivity index (χ0) is 16.6. The second-order valence-electron chi connectivity index (χ2n) is 4.89. The molecule has 0 aromatic carbocycles. The second-order valence-corrected chi connectivity index (χ2v) is 4.89. The van der Waals surface area contributed by atoms with Crippen LogP contribution < -0.4 is 14.4 Å². The summed E-state index contributed by atoms with van der Waals surface area (Å²) in [6.45, 7) is 0.167. The zero-order valence-electron chi connectivity index (χ0n) is 12.8. The van der Waals surface area contributed by atoms with Crippen molar-refractivity contribution in [3.63, 3.8) is 0 Å². The smallest absolute Gasteiger partial charge is 0.319 e. The van der Waals surface area contributed by atoms with Crippen LogP contribution in [0.15, 0.2) is 6.20 Å². The number of aromatic nitrogens is 4. The minimum atomic E-state index is -0.527. The Morgan fingerprint density at radius 2 is 2.09 bits per heavy atom. The van der Waals surface area contributed by atoms with Crippen molar-refractivity contribution in [3.05, 3.63) is 6.20 Å². The molecule has 2 aromatic heterocycles. The number of esters is 1. The lowest BCUT2D eigenvalue weighted by Crippen LogP contribution is -2.27. The predicted molar refractivity (Wildman–Crippen MR) is 76.4 cm³/mol. The van der Waals surface area contributed by atoms with E-state index in [1.165, 1.54) is 36.9 Å². The number of carbonyl (C=O) groups excluding carboxylic acids is 2. The van der Waals surface area contributed by atoms with E-state index in [0.717, 1.165) is 0 Å². The fourth-order valence-electron chi connectivity index (χ4n) is 2.44. The number of amides is 1. The van der Waals surface area contributed by atoms with Crippen molar-refractivity contribution in [2.24, 2.45) is 5.92 Å². The molecule has 0 aliphatic carbocycles. The Balaban J connectivity index is 2.01. The quantitative estimate of drug-likeness (QED) is 0.704. The Labute approximate surface area is 131 Å². The van der Waals surface area contributed by atoms with Gasteiger partial charge >= 0.3 is 12.0 Å². The molecule has 122 valence electrons. The lowest BCUT2D eigenvalue weighted by atomic mass is 10.1. The first-order chi connectivity index (χ1) is 11.1. The summed E-state index contributed by atoms with van der Waals surface area (Å²) in [7, 11) is 4.22. The molecule has 0 N–H and O–H groups in total. The zero-order valence-corrected chi connectivity index (χ0v) is 12.8. The summed E-state index contributed by atoms with van der Waals surface area (Å²) in [5.74, 6) is -0.656. The van der Waals surface area contributed by atoms with Gasteiger partial charge in [0.15, 0.2) is 5.75 Å². The third kappa shape index (κ3) is 2.41. The average molecular weight is 321 g/mol. The van der Waals surface area contributed by atoms with E-state index < -0.39 is 11.9 Å². The molecular formula is C13H15N5O5. The molecule has 1 atom stereocenters. The Bertz CT molecular complexity index is 732. The summed E-state index contributed by atoms with van der Waals surface area (Å²) in [5, 5.41) is 4.24. The van der Waals surface area contributed by atoms with Gasteiger partial charge in [-0.1, -0.05) is 0 Å². The molecule has 0 spiro atoms. The highest BCUT2D eigenvalue weighted by Crippen LogP contribution is 2.27. The van der Waals surface area contributed by atoms with E-state index in [1.807, 2.05) is 0 Å². The molecular weight excluding hydrogens is 306 g/mol. The van der Waals surface area contributed by atoms with Crippen LogP contribution in [0, 0.1) is 5.92 Å². The number of fused-ring (bicyclic) bond motifs is 1. The van der Waals surface area contributed by atoms with Crippen LogP contribution in [0.5, 0.6) is 11.8 Å². The van der Waals surface area contributed by atoms with Gasteiger partial charge in [0.1, 0.15) is 0 Å². The lowest BCUT2D eigenvalue weighted by Gasteiger charge is -2.10. The van der Waals surface area contributed by atoms with Gasteiger partial charge in [-0.25, -0.2) is 0 Å². The summed E-state index contributed by atoms with van der Waals surface area (Å²) in [4.78, 5) is 33.4. The second kappa shape index (κ2) is 5.71. The van der Waals surface area contributed by atoms with Crippen molar-refractivity contribution in [3.8, 4) is 11.8 Å². The minimum Gasteiger partial charge on any atom is -0.491 e. The number of nitrogens with zero attached hydrogens (tertiary/aromatic N) is 5. The molecule has 1 aliphatic heterocycles. The number of hydrogen-bond acceptors (Lipinski definition) is 8. The van der Waals surface area contributed by atoms with E-state index >= 15 is 0 Å². The highest BCUT2D eigenvalue weighted by molar-refractivity contribution is 5.98. The first-order valence-corrected chi connectivity index (χ1v) is 6.81. The van der Waals surface area contributed by atoms with Crippen molar-refractivity contribution >= 4 is 23.5 Å². The van der Waals surface area contributed by atoms with Gasteiger partial charge in [0.2, 0.25) is 11.6 Å². The average Bonchev–Trinajstić information content (AvgIpc) is 3.16. The third-order valence-electron chi connectivity index (χ3n) is 3.59. The molecule has 23 heavy (non-hydrogen) atoms. The van der Waals surface area contributed by atoms with Gasteiger partial charge in [-0.2, -0.15) is 14.5 Å². The minimum absolute atomic E-state index is 0.0642. The van der Waals surface area contributed by atoms with Gasteiger partial charge in [0, 0.05) is 13.0 Å². The number of ether oxygens (including phenoxy) is 3. The molecule has 1 saturated heterocycles. The Kier molecular flexibility index (Phi) is 3.72. The molecule has 1 fully saturated rings. The summed E-state index contributed by atoms with van der Waals surface area (Å²) in [6.07, 6.45) is 1.52. The van der Waals surface area contributed by atoms with E-state index in [1.54, 1.807) is 0 Å². The molecule has 10 nitrogen and oxygen atoms in total. The van der Waals surface area contributed by atoms with E-state index in [4.69, 9.17) is 9.47 Å². The molecule has 10 heteroatoms. The Morgan fingerprint density at radius 3 is 2.74 bits per heavy atom. The molecule has 0 bridgehead atoms. The van der Waals surface area contributed by atoms with Gasteiger partial charge < -0.3 is 14.2 Å². The van der Waals surface area contributed by atoms with Gasteiger partial charge in [0.25, 0.3) is 5.95 Å². The van der Waals surface area contributed by atoms with E-state index in [0.29, 0.717) is 11.4 Å². The van der Waals surface area contributed by atoms with Crippen molar-refractivity contribution < 1.29 is 23.8 Å². The molecule has 1 amide bonds. The molecule has 3 rings (SSSR count). The maximum Gasteiger partial charge on any atom is 0.319 e. The SMILES string of the molecule is COC(=O)C1CC(=O)N(c2nc3c(OC)cnc(OC)n3n2)C1. The van der Waals surface area contributed by atoms with Crippen LogP contribution >= 0.6 is 0 Å². The topological polar surface area (TPSA) is 108 Å². The summed E-state index contributed by atoms with van der Waals surface area (Å²) >= 11 is 0. The van der Waals surface area contributed by atoms with Crippen molar-refractivity contribution in [2.75, 3.05) is 32.8 Å². The fourth-order valence-corrected chi connectivity index (χ4v) is 2.44. The highest BCUT2D eigenvalue weighted by Gasteiger charge is 2.38. The maximum atomic E-state index is 12.1. The third-order valence-corrected chi connectivity index (χ3v) is 3.59. The van der Waals surface area contributed by atoms with Crippen molar-refractivity contribution in [1.29, 1.82) is 0 Å². The first kappa shape index (κ1) is 15.0. The van der Waals surface area contributed by atoms with Crippen molar-refractivity contribution in [2.45, 2.75) is 6.42 Å². The van der Waals surface area contributed by atoms with Crippen LogP contribution in [0.1, 0.15) is 6.42 Å². The van der Waals surface area contributed by atoms with Crippen LogP contribution in [0.3, 0.4) is 0 Å². The standard InChI is InChI=1S/C13H15N5O5/c1-21-8-5-14-13(23-3)18-10(8)15-12(16-18)17-6-7(4-9(17)19)11(20)22-2/h5,7H,4,6H2,1-3H3. The Morgan fingerprint density at radius 1 is 1.30 bits per heavy atom. The molecule has 0 radical (unpaired) electrons. The lowest BCUT2D eigenvalue weighted by molar-refractivity contribution is -0.145. The van der Waals surface area contributed by atoms with Crippen LogP contribution in [-0.2, 0) is 14.3 Å². The fraction of sp³-hybridized carbons (Fsp3) is 0.462. The van der Waals surface area contributed by atoms with Gasteiger partial charge in [-0.3, -0.25) is 14.5 Å². The van der Waals surface area contributed by atoms with Gasteiger partial charge in [-0.15, -0.1) is 5.10 Å². The number of anilines is 1. The summed E-state index contributed by atoms with van der Waals surface area (Å²) in [5.41, 5.74) is 0.365. The summed E-state index contributed by atoms with van der Waals surface area (Å²) in [6, 6.07) is 0.204. The number of carbonyl (C=O) groups is 2. The number of hydrogen-bond donors (Lipinski definition) is 0. The maximum absolute atomic E-state index is 12.1. The van der Waals surface area contributed by atoms with Crippen LogP contribution in [-0.4, -0.2) is 59.3 Å². The number of rotatable bonds is 4. The molecule has 2 aromatic rings. The van der Waals surface area contributed by atoms with E-state index in [2.05, 4.69) is 19.8 Å². The van der Waals surface area contributed by atoms with Crippen molar-refractivity contribution in [1.82, 2.24) is 19.6 Å². The predicted octanol–water partition coefficient (Wildman–Crippen LogP) is -0.333. The van der Waals surface area contributed by atoms with Gasteiger partial charge in [0.05, 0.1) is 33.4 Å². The normalized spacial score (nSPS) is 17.6. The monoisotopic (exact) mass is 321 g/mol. The molecule has 0 saturated carbocycles.